The molecule has 3 heterocycles. The number of carbonyl (C=O) groups is 1. The van der Waals surface area contributed by atoms with Crippen LogP contribution in [-0.2, 0) is 26.2 Å². The number of carbonyl (C=O) groups excluding carboxylic acids is 1. The summed E-state index contributed by atoms with van der Waals surface area (Å²) < 4.78 is 40.4. The quantitative estimate of drug-likeness (QED) is 0.827. The lowest BCUT2D eigenvalue weighted by atomic mass is 10.1. The number of aromatic nitrogens is 5. The zero-order chi connectivity index (χ0) is 17.5. The predicted molar refractivity (Wildman–Crippen MR) is 75.2 cm³/mol. The van der Waals surface area contributed by atoms with Crippen LogP contribution in [0.2, 0.25) is 0 Å². The zero-order valence-electron chi connectivity index (χ0n) is 12.7. The molecule has 2 N–H and O–H groups in total. The van der Waals surface area contributed by atoms with Crippen molar-refractivity contribution in [2.24, 2.45) is 7.05 Å². The molecule has 8 nitrogen and oxygen atoms in total. The maximum Gasteiger partial charge on any atom is 0.433 e. The average molecular weight is 344 g/mol. The van der Waals surface area contributed by atoms with Gasteiger partial charge in [-0.25, -0.2) is 9.89 Å². The molecule has 0 saturated heterocycles. The molecule has 0 fully saturated rings. The van der Waals surface area contributed by atoms with E-state index in [0.29, 0.717) is 36.3 Å². The van der Waals surface area contributed by atoms with E-state index < -0.39 is 17.8 Å². The summed E-state index contributed by atoms with van der Waals surface area (Å²) in [7, 11) is 1.14. The molecule has 0 aromatic carbocycles. The van der Waals surface area contributed by atoms with Crippen LogP contribution in [-0.4, -0.2) is 36.5 Å². The SMILES string of the molecule is Cn1nc(C(=O)NC2CCc3n[nH]c(=O)n3CC2)cc1C(F)(F)F. The molecule has 24 heavy (non-hydrogen) atoms. The van der Waals surface area contributed by atoms with Gasteiger partial charge in [-0.05, 0) is 12.8 Å². The van der Waals surface area contributed by atoms with E-state index in [1.165, 1.54) is 4.57 Å². The van der Waals surface area contributed by atoms with E-state index in [4.69, 9.17) is 0 Å². The monoisotopic (exact) mass is 344 g/mol. The first kappa shape index (κ1) is 16.3. The first-order valence-electron chi connectivity index (χ1n) is 7.32. The highest BCUT2D eigenvalue weighted by Gasteiger charge is 2.36. The lowest BCUT2D eigenvalue weighted by Gasteiger charge is -2.14. The van der Waals surface area contributed by atoms with Crippen molar-refractivity contribution in [3.8, 4) is 0 Å². The van der Waals surface area contributed by atoms with Crippen LogP contribution in [0.25, 0.3) is 0 Å². The van der Waals surface area contributed by atoms with E-state index in [1.54, 1.807) is 0 Å². The number of fused-ring (bicyclic) bond motifs is 1. The number of halogens is 3. The minimum absolute atomic E-state index is 0.269. The van der Waals surface area contributed by atoms with Crippen LogP contribution in [0.15, 0.2) is 10.9 Å². The molecule has 1 unspecified atom stereocenters. The maximum atomic E-state index is 12.8. The third kappa shape index (κ3) is 3.05. The van der Waals surface area contributed by atoms with Gasteiger partial charge in [0.1, 0.15) is 11.5 Å². The number of alkyl halides is 3. The molecule has 0 bridgehead atoms. The lowest BCUT2D eigenvalue weighted by molar-refractivity contribution is -0.143. The fraction of sp³-hybridized carbons (Fsp3) is 0.538. The second-order valence-electron chi connectivity index (χ2n) is 5.63. The van der Waals surface area contributed by atoms with E-state index in [2.05, 4.69) is 20.6 Å². The second kappa shape index (κ2) is 5.80. The first-order chi connectivity index (χ1) is 11.3. The van der Waals surface area contributed by atoms with Gasteiger partial charge in [-0.15, -0.1) is 0 Å². The fourth-order valence-electron chi connectivity index (χ4n) is 2.75. The largest absolute Gasteiger partial charge is 0.433 e. The molecular formula is C13H15F3N6O2. The van der Waals surface area contributed by atoms with Gasteiger partial charge in [0.25, 0.3) is 5.91 Å². The Bertz CT molecular complexity index is 819. The summed E-state index contributed by atoms with van der Waals surface area (Å²) in [6, 6.07) is 0.455. The van der Waals surface area contributed by atoms with Crippen molar-refractivity contribution < 1.29 is 18.0 Å². The van der Waals surface area contributed by atoms with Gasteiger partial charge in [-0.2, -0.15) is 23.4 Å². The highest BCUT2D eigenvalue weighted by atomic mass is 19.4. The molecule has 11 heteroatoms. The molecule has 0 saturated carbocycles. The molecular weight excluding hydrogens is 329 g/mol. The smallest absolute Gasteiger partial charge is 0.348 e. The number of aromatic amines is 1. The van der Waals surface area contributed by atoms with Crippen LogP contribution < -0.4 is 11.0 Å². The van der Waals surface area contributed by atoms with Crippen molar-refractivity contribution in [1.29, 1.82) is 0 Å². The Morgan fingerprint density at radius 3 is 2.83 bits per heavy atom. The van der Waals surface area contributed by atoms with Crippen LogP contribution in [0, 0.1) is 0 Å². The molecule has 1 amide bonds. The Labute approximate surface area is 133 Å². The summed E-state index contributed by atoms with van der Waals surface area (Å²) in [4.78, 5) is 23.7. The topological polar surface area (TPSA) is 97.6 Å². The minimum atomic E-state index is -4.57. The van der Waals surface area contributed by atoms with E-state index in [-0.39, 0.29) is 17.4 Å². The van der Waals surface area contributed by atoms with Gasteiger partial charge in [-0.3, -0.25) is 14.0 Å². The normalized spacial score (nSPS) is 18.1. The standard InChI is InChI=1S/C13H15F3N6O2/c1-21-9(13(14,15)16)6-8(20-21)11(23)17-7-2-3-10-18-19-12(24)22(10)5-4-7/h6-7H,2-5H2,1H3,(H,17,23)(H,19,24). The van der Waals surface area contributed by atoms with Crippen molar-refractivity contribution in [2.75, 3.05) is 0 Å². The summed E-state index contributed by atoms with van der Waals surface area (Å²) in [5, 5.41) is 12.6. The Balaban J connectivity index is 1.69. The molecule has 2 aromatic rings. The van der Waals surface area contributed by atoms with Gasteiger partial charge < -0.3 is 5.32 Å². The van der Waals surface area contributed by atoms with Gasteiger partial charge in [0.05, 0.1) is 0 Å². The Morgan fingerprint density at radius 1 is 1.42 bits per heavy atom. The molecule has 0 aliphatic carbocycles. The molecule has 1 aliphatic heterocycles. The van der Waals surface area contributed by atoms with Crippen LogP contribution in [0.4, 0.5) is 13.2 Å². The van der Waals surface area contributed by atoms with Gasteiger partial charge in [-0.1, -0.05) is 0 Å². The van der Waals surface area contributed by atoms with E-state index in [9.17, 15) is 22.8 Å². The molecule has 3 rings (SSSR count). The van der Waals surface area contributed by atoms with E-state index in [0.717, 1.165) is 13.1 Å². The summed E-state index contributed by atoms with van der Waals surface area (Å²) >= 11 is 0. The second-order valence-corrected chi connectivity index (χ2v) is 5.63. The number of amides is 1. The molecule has 0 radical (unpaired) electrons. The van der Waals surface area contributed by atoms with E-state index >= 15 is 0 Å². The Kier molecular flexibility index (Phi) is 3.93. The van der Waals surface area contributed by atoms with Crippen molar-refractivity contribution in [3.63, 3.8) is 0 Å². The molecule has 1 aliphatic rings. The number of hydrogen-bond donors (Lipinski definition) is 2. The van der Waals surface area contributed by atoms with E-state index in [1.807, 2.05) is 0 Å². The van der Waals surface area contributed by atoms with Gasteiger partial charge >= 0.3 is 11.9 Å². The summed E-state index contributed by atoms with van der Waals surface area (Å²) in [6.07, 6.45) is -3.06. The number of hydrogen-bond acceptors (Lipinski definition) is 4. The zero-order valence-corrected chi connectivity index (χ0v) is 12.7. The highest BCUT2D eigenvalue weighted by Crippen LogP contribution is 2.29. The third-order valence-electron chi connectivity index (χ3n) is 3.99. The van der Waals surface area contributed by atoms with Crippen LogP contribution in [0.5, 0.6) is 0 Å². The third-order valence-corrected chi connectivity index (χ3v) is 3.99. The Hall–Kier alpha value is -2.59. The predicted octanol–water partition coefficient (Wildman–Crippen LogP) is 0.459. The van der Waals surface area contributed by atoms with Crippen LogP contribution in [0.3, 0.4) is 0 Å². The molecule has 130 valence electrons. The highest BCUT2D eigenvalue weighted by molar-refractivity contribution is 5.92. The van der Waals surface area contributed by atoms with Crippen molar-refractivity contribution >= 4 is 5.91 Å². The van der Waals surface area contributed by atoms with Gasteiger partial charge in [0.2, 0.25) is 0 Å². The Morgan fingerprint density at radius 2 is 2.17 bits per heavy atom. The molecule has 0 spiro atoms. The van der Waals surface area contributed by atoms with Crippen molar-refractivity contribution in [1.82, 2.24) is 29.9 Å². The first-order valence-corrected chi connectivity index (χ1v) is 7.32. The fourth-order valence-corrected chi connectivity index (χ4v) is 2.75. The molecule has 1 atom stereocenters. The van der Waals surface area contributed by atoms with Crippen molar-refractivity contribution in [2.45, 2.75) is 38.0 Å². The van der Waals surface area contributed by atoms with Gasteiger partial charge in [0.15, 0.2) is 5.69 Å². The average Bonchev–Trinajstić information content (AvgIpc) is 2.98. The number of rotatable bonds is 2. The number of nitrogens with zero attached hydrogens (tertiary/aromatic N) is 4. The molecule has 2 aromatic heterocycles. The van der Waals surface area contributed by atoms with Crippen LogP contribution >= 0.6 is 0 Å². The number of H-pyrrole nitrogens is 1. The number of nitrogens with one attached hydrogen (secondary N) is 2. The maximum absolute atomic E-state index is 12.8. The van der Waals surface area contributed by atoms with Gasteiger partial charge in [0, 0.05) is 32.1 Å². The number of aryl methyl sites for hydroxylation is 2. The lowest BCUT2D eigenvalue weighted by Crippen LogP contribution is -2.35. The summed E-state index contributed by atoms with van der Waals surface area (Å²) in [6.45, 7) is 0.381. The summed E-state index contributed by atoms with van der Waals surface area (Å²) in [5.41, 5.74) is -1.58. The summed E-state index contributed by atoms with van der Waals surface area (Å²) in [5.74, 6) is -0.0616. The van der Waals surface area contributed by atoms with Crippen LogP contribution in [0.1, 0.15) is 34.8 Å². The van der Waals surface area contributed by atoms with Crippen molar-refractivity contribution in [3.05, 3.63) is 33.8 Å². The minimum Gasteiger partial charge on any atom is -0.348 e.